The number of piperidine rings is 1. The number of hydrogen-bond donors (Lipinski definition) is 0. The van der Waals surface area contributed by atoms with Crippen LogP contribution < -0.4 is 0 Å². The molecule has 2 fully saturated rings. The van der Waals surface area contributed by atoms with Crippen LogP contribution in [0.5, 0.6) is 0 Å². The lowest BCUT2D eigenvalue weighted by Crippen LogP contribution is -2.38. The van der Waals surface area contributed by atoms with Gasteiger partial charge in [0.1, 0.15) is 10.7 Å². The largest absolute Gasteiger partial charge is 0.338 e. The van der Waals surface area contributed by atoms with Gasteiger partial charge < -0.3 is 9.47 Å². The molecule has 0 atom stereocenters. The van der Waals surface area contributed by atoms with Crippen LogP contribution in [0.2, 0.25) is 5.02 Å². The van der Waals surface area contributed by atoms with E-state index >= 15 is 0 Å². The summed E-state index contributed by atoms with van der Waals surface area (Å²) >= 11 is 7.51. The molecule has 0 bridgehead atoms. The molecule has 1 aliphatic carbocycles. The van der Waals surface area contributed by atoms with Crippen molar-refractivity contribution in [3.05, 3.63) is 39.6 Å². The van der Waals surface area contributed by atoms with Crippen LogP contribution in [-0.2, 0) is 6.54 Å². The summed E-state index contributed by atoms with van der Waals surface area (Å²) in [5.41, 5.74) is 0. The van der Waals surface area contributed by atoms with Crippen LogP contribution in [0.25, 0.3) is 0 Å². The average Bonchev–Trinajstić information content (AvgIpc) is 3.08. The Kier molecular flexibility index (Phi) is 4.16. The van der Waals surface area contributed by atoms with Crippen LogP contribution >= 0.6 is 22.9 Å². The molecule has 0 N–H and O–H groups in total. The van der Waals surface area contributed by atoms with Crippen molar-refractivity contribution in [2.75, 3.05) is 13.1 Å². The molecule has 23 heavy (non-hydrogen) atoms. The highest BCUT2D eigenvalue weighted by Crippen LogP contribution is 2.34. The first-order valence-electron chi connectivity index (χ1n) is 8.25. The highest BCUT2D eigenvalue weighted by Gasteiger charge is 2.29. The molecule has 0 aromatic carbocycles. The summed E-state index contributed by atoms with van der Waals surface area (Å²) in [4.78, 5) is 19.7. The molecule has 2 aromatic rings. The fourth-order valence-corrected chi connectivity index (χ4v) is 4.45. The third-order valence-corrected chi connectivity index (χ3v) is 6.19. The maximum Gasteiger partial charge on any atom is 0.265 e. The number of carbonyl (C=O) groups is 1. The van der Waals surface area contributed by atoms with Crippen LogP contribution in [0.3, 0.4) is 0 Å². The number of halogens is 1. The van der Waals surface area contributed by atoms with E-state index < -0.39 is 0 Å². The van der Waals surface area contributed by atoms with E-state index in [-0.39, 0.29) is 5.91 Å². The molecular formula is C17H20ClN3OS. The fourth-order valence-electron chi connectivity index (χ4n) is 3.34. The quantitative estimate of drug-likeness (QED) is 0.835. The Morgan fingerprint density at radius 1 is 1.30 bits per heavy atom. The van der Waals surface area contributed by atoms with Gasteiger partial charge in [-0.25, -0.2) is 4.98 Å². The van der Waals surface area contributed by atoms with Crippen molar-refractivity contribution in [3.63, 3.8) is 0 Å². The molecule has 6 heteroatoms. The molecule has 2 aromatic heterocycles. The second-order valence-corrected chi connectivity index (χ2v) is 7.87. The van der Waals surface area contributed by atoms with Crippen molar-refractivity contribution < 1.29 is 4.79 Å². The van der Waals surface area contributed by atoms with Gasteiger partial charge in [-0.15, -0.1) is 11.3 Å². The predicted octanol–water partition coefficient (Wildman–Crippen LogP) is 4.03. The second-order valence-electron chi connectivity index (χ2n) is 6.55. The maximum atomic E-state index is 12.5. The molecule has 2 aliphatic rings. The van der Waals surface area contributed by atoms with E-state index in [1.165, 1.54) is 30.0 Å². The SMILES string of the molecule is O=C(c1sccc1Cl)N1CCC(c2nccn2CC2CC2)CC1. The van der Waals surface area contributed by atoms with Gasteiger partial charge in [0, 0.05) is 37.9 Å². The number of nitrogens with zero attached hydrogens (tertiary/aromatic N) is 3. The monoisotopic (exact) mass is 349 g/mol. The topological polar surface area (TPSA) is 38.1 Å². The first-order chi connectivity index (χ1) is 11.2. The first-order valence-corrected chi connectivity index (χ1v) is 9.51. The molecule has 1 amide bonds. The number of rotatable bonds is 4. The Morgan fingerprint density at radius 3 is 2.74 bits per heavy atom. The van der Waals surface area contributed by atoms with E-state index in [2.05, 4.69) is 15.7 Å². The van der Waals surface area contributed by atoms with Crippen molar-refractivity contribution in [1.29, 1.82) is 0 Å². The zero-order valence-electron chi connectivity index (χ0n) is 12.9. The number of thiophene rings is 1. The summed E-state index contributed by atoms with van der Waals surface area (Å²) in [6.45, 7) is 2.68. The van der Waals surface area contributed by atoms with E-state index in [1.54, 1.807) is 6.07 Å². The normalized spacial score (nSPS) is 19.3. The van der Waals surface area contributed by atoms with Crippen molar-refractivity contribution in [1.82, 2.24) is 14.5 Å². The van der Waals surface area contributed by atoms with Gasteiger partial charge in [0.05, 0.1) is 5.02 Å². The number of imidazole rings is 1. The standard InChI is InChI=1S/C17H20ClN3OS/c18-14-5-10-23-15(14)17(22)20-7-3-13(4-8-20)16-19-6-9-21(16)11-12-1-2-12/h5-6,9-10,12-13H,1-4,7-8,11H2. The molecule has 1 aliphatic heterocycles. The summed E-state index contributed by atoms with van der Waals surface area (Å²) in [5, 5.41) is 2.44. The molecule has 4 rings (SSSR count). The van der Waals surface area contributed by atoms with Crippen LogP contribution in [0.1, 0.15) is 47.1 Å². The summed E-state index contributed by atoms with van der Waals surface area (Å²) in [5.74, 6) is 2.60. The van der Waals surface area contributed by atoms with Crippen molar-refractivity contribution >= 4 is 28.8 Å². The Morgan fingerprint density at radius 2 is 2.09 bits per heavy atom. The smallest absolute Gasteiger partial charge is 0.265 e. The van der Waals surface area contributed by atoms with Crippen molar-refractivity contribution in [3.8, 4) is 0 Å². The molecule has 0 spiro atoms. The number of amides is 1. The summed E-state index contributed by atoms with van der Waals surface area (Å²) in [6, 6.07) is 1.79. The number of carbonyl (C=O) groups excluding carboxylic acids is 1. The Bertz CT molecular complexity index is 698. The third-order valence-electron chi connectivity index (χ3n) is 4.86. The Hall–Kier alpha value is -1.33. The van der Waals surface area contributed by atoms with Gasteiger partial charge >= 0.3 is 0 Å². The molecule has 0 radical (unpaired) electrons. The summed E-state index contributed by atoms with van der Waals surface area (Å²) in [7, 11) is 0. The predicted molar refractivity (Wildman–Crippen MR) is 92.2 cm³/mol. The van der Waals surface area contributed by atoms with Gasteiger partial charge in [0.2, 0.25) is 0 Å². The van der Waals surface area contributed by atoms with Gasteiger partial charge in [0.25, 0.3) is 5.91 Å². The van der Waals surface area contributed by atoms with E-state index in [0.29, 0.717) is 15.8 Å². The summed E-state index contributed by atoms with van der Waals surface area (Å²) in [6.07, 6.45) is 8.70. The van der Waals surface area contributed by atoms with Crippen molar-refractivity contribution in [2.45, 2.75) is 38.1 Å². The van der Waals surface area contributed by atoms with Crippen LogP contribution in [-0.4, -0.2) is 33.4 Å². The maximum absolute atomic E-state index is 12.5. The minimum atomic E-state index is 0.0739. The minimum Gasteiger partial charge on any atom is -0.338 e. The van der Waals surface area contributed by atoms with E-state index in [9.17, 15) is 4.79 Å². The first kappa shape index (κ1) is 15.2. The van der Waals surface area contributed by atoms with E-state index in [1.807, 2.05) is 16.5 Å². The van der Waals surface area contributed by atoms with Gasteiger partial charge in [-0.1, -0.05) is 11.6 Å². The van der Waals surface area contributed by atoms with Crippen LogP contribution in [0.15, 0.2) is 23.8 Å². The molecule has 0 unspecified atom stereocenters. The molecular weight excluding hydrogens is 330 g/mol. The zero-order chi connectivity index (χ0) is 15.8. The second kappa shape index (κ2) is 6.29. The fraction of sp³-hybridized carbons (Fsp3) is 0.529. The lowest BCUT2D eigenvalue weighted by Gasteiger charge is -2.31. The average molecular weight is 350 g/mol. The van der Waals surface area contributed by atoms with Gasteiger partial charge in [0.15, 0.2) is 0 Å². The lowest BCUT2D eigenvalue weighted by atomic mass is 9.95. The molecule has 1 saturated heterocycles. The van der Waals surface area contributed by atoms with Gasteiger partial charge in [-0.05, 0) is 43.0 Å². The molecule has 3 heterocycles. The molecule has 122 valence electrons. The van der Waals surface area contributed by atoms with Gasteiger partial charge in [-0.2, -0.15) is 0 Å². The Labute approximate surface area is 145 Å². The molecule has 1 saturated carbocycles. The minimum absolute atomic E-state index is 0.0739. The zero-order valence-corrected chi connectivity index (χ0v) is 14.5. The lowest BCUT2D eigenvalue weighted by molar-refractivity contribution is 0.0715. The van der Waals surface area contributed by atoms with Crippen LogP contribution in [0, 0.1) is 5.92 Å². The number of hydrogen-bond acceptors (Lipinski definition) is 3. The Balaban J connectivity index is 1.40. The molecule has 4 nitrogen and oxygen atoms in total. The van der Waals surface area contributed by atoms with Crippen molar-refractivity contribution in [2.24, 2.45) is 5.92 Å². The van der Waals surface area contributed by atoms with Crippen LogP contribution in [0.4, 0.5) is 0 Å². The summed E-state index contributed by atoms with van der Waals surface area (Å²) < 4.78 is 2.33. The number of likely N-dealkylation sites (tertiary alicyclic amines) is 1. The van der Waals surface area contributed by atoms with E-state index in [4.69, 9.17) is 11.6 Å². The third kappa shape index (κ3) is 3.17. The van der Waals surface area contributed by atoms with Gasteiger partial charge in [-0.3, -0.25) is 4.79 Å². The highest BCUT2D eigenvalue weighted by atomic mass is 35.5. The number of aromatic nitrogens is 2. The van der Waals surface area contributed by atoms with E-state index in [0.717, 1.165) is 38.4 Å². The highest BCUT2D eigenvalue weighted by molar-refractivity contribution is 7.12.